The Bertz CT molecular complexity index is 622. The second kappa shape index (κ2) is 6.67. The molecule has 0 bridgehead atoms. The Hall–Kier alpha value is -0.950. The number of hydrogen-bond acceptors (Lipinski definition) is 5. The normalized spacial score (nSPS) is 10.6. The van der Waals surface area contributed by atoms with Crippen LogP contribution in [-0.2, 0) is 4.79 Å². The van der Waals surface area contributed by atoms with Gasteiger partial charge >= 0.3 is 0 Å². The van der Waals surface area contributed by atoms with Crippen molar-refractivity contribution in [1.82, 2.24) is 4.98 Å². The summed E-state index contributed by atoms with van der Waals surface area (Å²) in [6, 6.07) is 3.08. The van der Waals surface area contributed by atoms with Gasteiger partial charge in [-0.15, -0.1) is 11.3 Å². The quantitative estimate of drug-likeness (QED) is 0.646. The number of nitrogens with one attached hydrogen (secondary N) is 1. The Morgan fingerprint density at radius 3 is 2.65 bits per heavy atom. The van der Waals surface area contributed by atoms with E-state index in [1.807, 2.05) is 12.3 Å². The van der Waals surface area contributed by atoms with Crippen LogP contribution in [0.25, 0.3) is 0 Å². The van der Waals surface area contributed by atoms with Crippen LogP contribution in [0.5, 0.6) is 0 Å². The highest BCUT2D eigenvalue weighted by Crippen LogP contribution is 2.33. The van der Waals surface area contributed by atoms with Gasteiger partial charge in [0.25, 0.3) is 0 Å². The van der Waals surface area contributed by atoms with Gasteiger partial charge in [0.2, 0.25) is 5.91 Å². The van der Waals surface area contributed by atoms with Crippen LogP contribution in [-0.4, -0.2) is 16.6 Å². The van der Waals surface area contributed by atoms with Gasteiger partial charge in [-0.3, -0.25) is 4.79 Å². The summed E-state index contributed by atoms with van der Waals surface area (Å²) in [7, 11) is 0. The number of thiazole rings is 1. The smallest absolute Gasteiger partial charge is 0.234 e. The molecular weight excluding hydrogens is 337 g/mol. The minimum atomic E-state index is -0.198. The lowest BCUT2D eigenvalue weighted by Gasteiger charge is -2.09. The summed E-state index contributed by atoms with van der Waals surface area (Å²) in [5.41, 5.74) is 7.38. The van der Waals surface area contributed by atoms with Crippen LogP contribution in [0.4, 0.5) is 11.4 Å². The number of anilines is 2. The number of nitrogen functional groups attached to an aromatic ring is 1. The predicted molar refractivity (Wildman–Crippen MR) is 87.1 cm³/mol. The van der Waals surface area contributed by atoms with Gasteiger partial charge < -0.3 is 11.1 Å². The third kappa shape index (κ3) is 4.02. The number of nitrogens with two attached hydrogens (primary N) is 1. The van der Waals surface area contributed by atoms with Gasteiger partial charge in [-0.2, -0.15) is 0 Å². The lowest BCUT2D eigenvalue weighted by molar-refractivity contribution is -0.113. The highest BCUT2D eigenvalue weighted by atomic mass is 35.5. The molecule has 0 aliphatic rings. The fourth-order valence-corrected chi connectivity index (χ4v) is 3.66. The first-order valence-corrected chi connectivity index (χ1v) is 8.17. The SMILES string of the molecule is Cc1csc(SCC(=O)Nc2c(Cl)cc(N)cc2Cl)n1. The second-order valence-electron chi connectivity index (χ2n) is 3.95. The van der Waals surface area contributed by atoms with E-state index in [1.165, 1.54) is 23.1 Å². The molecular formula is C12H11Cl2N3OS2. The summed E-state index contributed by atoms with van der Waals surface area (Å²) < 4.78 is 0.854. The van der Waals surface area contributed by atoms with Crippen LogP contribution >= 0.6 is 46.3 Å². The molecule has 2 rings (SSSR count). The zero-order chi connectivity index (χ0) is 14.7. The molecule has 0 saturated carbocycles. The molecule has 3 N–H and O–H groups in total. The molecule has 2 aromatic rings. The number of thioether (sulfide) groups is 1. The molecule has 4 nitrogen and oxygen atoms in total. The van der Waals surface area contributed by atoms with Gasteiger partial charge in [0.05, 0.1) is 21.5 Å². The number of amides is 1. The number of hydrogen-bond donors (Lipinski definition) is 2. The van der Waals surface area contributed by atoms with Gasteiger partial charge in [-0.25, -0.2) is 4.98 Å². The second-order valence-corrected chi connectivity index (χ2v) is 6.85. The zero-order valence-electron chi connectivity index (χ0n) is 10.4. The molecule has 0 atom stereocenters. The summed E-state index contributed by atoms with van der Waals surface area (Å²) >= 11 is 14.9. The van der Waals surface area contributed by atoms with E-state index < -0.39 is 0 Å². The molecule has 106 valence electrons. The summed E-state index contributed by atoms with van der Waals surface area (Å²) in [6.07, 6.45) is 0. The van der Waals surface area contributed by atoms with Crippen molar-refractivity contribution in [2.45, 2.75) is 11.3 Å². The first kappa shape index (κ1) is 15.4. The zero-order valence-corrected chi connectivity index (χ0v) is 13.6. The topological polar surface area (TPSA) is 68.0 Å². The van der Waals surface area contributed by atoms with Gasteiger partial charge in [0.15, 0.2) is 4.34 Å². The average Bonchev–Trinajstić information content (AvgIpc) is 2.77. The third-order valence-corrected chi connectivity index (χ3v) is 4.99. The molecule has 0 radical (unpaired) electrons. The fraction of sp³-hybridized carbons (Fsp3) is 0.167. The van der Waals surface area contributed by atoms with Crippen molar-refractivity contribution in [3.8, 4) is 0 Å². The van der Waals surface area contributed by atoms with E-state index in [2.05, 4.69) is 10.3 Å². The van der Waals surface area contributed by atoms with Gasteiger partial charge in [-0.05, 0) is 19.1 Å². The van der Waals surface area contributed by atoms with Crippen molar-refractivity contribution in [2.24, 2.45) is 0 Å². The molecule has 0 aliphatic heterocycles. The molecule has 0 unspecified atom stereocenters. The molecule has 1 heterocycles. The standard InChI is InChI=1S/C12H11Cl2N3OS2/c1-6-4-19-12(16-6)20-5-10(18)17-11-8(13)2-7(15)3-9(11)14/h2-4H,5,15H2,1H3,(H,17,18). The van der Waals surface area contributed by atoms with Crippen molar-refractivity contribution in [3.63, 3.8) is 0 Å². The number of nitrogens with zero attached hydrogens (tertiary/aromatic N) is 1. The molecule has 0 aliphatic carbocycles. The largest absolute Gasteiger partial charge is 0.399 e. The molecule has 0 fully saturated rings. The van der Waals surface area contributed by atoms with Gasteiger partial charge in [0, 0.05) is 16.8 Å². The number of carbonyl (C=O) groups is 1. The number of rotatable bonds is 4. The van der Waals surface area contributed by atoms with Crippen LogP contribution < -0.4 is 11.1 Å². The summed E-state index contributed by atoms with van der Waals surface area (Å²) in [4.78, 5) is 16.1. The highest BCUT2D eigenvalue weighted by molar-refractivity contribution is 8.01. The third-order valence-electron chi connectivity index (χ3n) is 2.25. The molecule has 8 heteroatoms. The number of aryl methyl sites for hydroxylation is 1. The first-order chi connectivity index (χ1) is 9.45. The van der Waals surface area contributed by atoms with E-state index in [0.29, 0.717) is 21.4 Å². The maximum atomic E-state index is 11.9. The monoisotopic (exact) mass is 347 g/mol. The first-order valence-electron chi connectivity index (χ1n) is 5.55. The highest BCUT2D eigenvalue weighted by Gasteiger charge is 2.12. The number of carbonyl (C=O) groups excluding carboxylic acids is 1. The van der Waals surface area contributed by atoms with E-state index in [0.717, 1.165) is 10.0 Å². The maximum absolute atomic E-state index is 11.9. The van der Waals surface area contributed by atoms with Crippen molar-refractivity contribution in [2.75, 3.05) is 16.8 Å². The molecule has 1 aromatic carbocycles. The van der Waals surface area contributed by atoms with E-state index in [-0.39, 0.29) is 11.7 Å². The van der Waals surface area contributed by atoms with E-state index in [1.54, 1.807) is 12.1 Å². The lowest BCUT2D eigenvalue weighted by atomic mass is 10.3. The van der Waals surface area contributed by atoms with Crippen molar-refractivity contribution >= 4 is 63.6 Å². The Balaban J connectivity index is 1.98. The van der Waals surface area contributed by atoms with Crippen LogP contribution in [0.1, 0.15) is 5.69 Å². The Morgan fingerprint density at radius 2 is 2.10 bits per heavy atom. The fourth-order valence-electron chi connectivity index (χ4n) is 1.41. The average molecular weight is 348 g/mol. The molecule has 0 saturated heterocycles. The lowest BCUT2D eigenvalue weighted by Crippen LogP contribution is -2.14. The van der Waals surface area contributed by atoms with Crippen LogP contribution in [0.3, 0.4) is 0 Å². The minimum Gasteiger partial charge on any atom is -0.399 e. The summed E-state index contributed by atoms with van der Waals surface area (Å²) in [5, 5.41) is 5.25. The van der Waals surface area contributed by atoms with Gasteiger partial charge in [0.1, 0.15) is 0 Å². The Morgan fingerprint density at radius 1 is 1.45 bits per heavy atom. The summed E-state index contributed by atoms with van der Waals surface area (Å²) in [5.74, 6) is 0.0423. The minimum absolute atomic E-state index is 0.198. The Labute approximate surface area is 134 Å². The number of aromatic nitrogens is 1. The van der Waals surface area contributed by atoms with E-state index >= 15 is 0 Å². The van der Waals surface area contributed by atoms with Crippen molar-refractivity contribution in [3.05, 3.63) is 33.3 Å². The maximum Gasteiger partial charge on any atom is 0.234 e. The molecule has 0 spiro atoms. The molecule has 1 amide bonds. The van der Waals surface area contributed by atoms with Crippen LogP contribution in [0.15, 0.2) is 21.9 Å². The summed E-state index contributed by atoms with van der Waals surface area (Å²) in [6.45, 7) is 1.91. The van der Waals surface area contributed by atoms with Crippen molar-refractivity contribution < 1.29 is 4.79 Å². The Kier molecular flexibility index (Phi) is 5.15. The predicted octanol–water partition coefficient (Wildman–Crippen LogP) is 4.07. The number of halogens is 2. The van der Waals surface area contributed by atoms with Gasteiger partial charge in [-0.1, -0.05) is 35.0 Å². The van der Waals surface area contributed by atoms with E-state index in [9.17, 15) is 4.79 Å². The van der Waals surface area contributed by atoms with Crippen LogP contribution in [0, 0.1) is 6.92 Å². The van der Waals surface area contributed by atoms with Crippen LogP contribution in [0.2, 0.25) is 10.0 Å². The number of benzene rings is 1. The van der Waals surface area contributed by atoms with E-state index in [4.69, 9.17) is 28.9 Å². The molecule has 1 aromatic heterocycles. The van der Waals surface area contributed by atoms with Crippen molar-refractivity contribution in [1.29, 1.82) is 0 Å². The molecule has 20 heavy (non-hydrogen) atoms.